The first-order valence-electron chi connectivity index (χ1n) is 8.90. The number of aliphatic hydroxyl groups is 2. The van der Waals surface area contributed by atoms with E-state index in [1.54, 1.807) is 0 Å². The molecule has 4 heteroatoms. The van der Waals surface area contributed by atoms with E-state index in [1.165, 1.54) is 16.6 Å². The smallest absolute Gasteiger partial charge is 0.131 e. The van der Waals surface area contributed by atoms with Gasteiger partial charge in [0.1, 0.15) is 12.5 Å². The van der Waals surface area contributed by atoms with Crippen molar-refractivity contribution in [2.45, 2.75) is 57.5 Å². The Labute approximate surface area is 136 Å². The van der Waals surface area contributed by atoms with E-state index in [4.69, 9.17) is 0 Å². The lowest BCUT2D eigenvalue weighted by Gasteiger charge is -2.57. The molecule has 1 fully saturated rings. The molecule has 0 saturated carbocycles. The molecule has 2 aromatic rings. The first-order valence-corrected chi connectivity index (χ1v) is 8.90. The molecule has 0 amide bonds. The van der Waals surface area contributed by atoms with E-state index in [0.717, 1.165) is 44.2 Å². The molecule has 23 heavy (non-hydrogen) atoms. The van der Waals surface area contributed by atoms with Crippen molar-refractivity contribution >= 4 is 10.9 Å². The summed E-state index contributed by atoms with van der Waals surface area (Å²) in [4.78, 5) is 2.30. The molecule has 4 unspecified atom stereocenters. The van der Waals surface area contributed by atoms with Crippen LogP contribution in [0.15, 0.2) is 24.3 Å². The maximum atomic E-state index is 11.0. The van der Waals surface area contributed by atoms with Gasteiger partial charge in [-0.3, -0.25) is 4.90 Å². The number of aliphatic hydroxyl groups excluding tert-OH is 2. The van der Waals surface area contributed by atoms with Gasteiger partial charge in [0.15, 0.2) is 0 Å². The minimum atomic E-state index is -0.449. The Kier molecular flexibility index (Phi) is 2.80. The lowest BCUT2D eigenvalue weighted by atomic mass is 9.64. The van der Waals surface area contributed by atoms with E-state index in [9.17, 15) is 10.2 Å². The van der Waals surface area contributed by atoms with Crippen LogP contribution in [0, 0.1) is 5.41 Å². The van der Waals surface area contributed by atoms with Crippen LogP contribution in [-0.2, 0) is 6.42 Å². The molecular weight excluding hydrogens is 288 g/mol. The molecule has 0 spiro atoms. The van der Waals surface area contributed by atoms with Gasteiger partial charge in [0.05, 0.1) is 11.6 Å². The molecule has 3 aliphatic heterocycles. The van der Waals surface area contributed by atoms with Crippen LogP contribution < -0.4 is 0 Å². The first-order chi connectivity index (χ1) is 11.2. The molecule has 4 heterocycles. The predicted octanol–water partition coefficient (Wildman–Crippen LogP) is 2.94. The van der Waals surface area contributed by atoms with Crippen molar-refractivity contribution in [1.29, 1.82) is 0 Å². The predicted molar refractivity (Wildman–Crippen MR) is 88.9 cm³/mol. The quantitative estimate of drug-likeness (QED) is 0.851. The summed E-state index contributed by atoms with van der Waals surface area (Å²) >= 11 is 0. The van der Waals surface area contributed by atoms with Crippen molar-refractivity contribution in [1.82, 2.24) is 9.47 Å². The topological polar surface area (TPSA) is 48.6 Å². The molecule has 0 aliphatic carbocycles. The van der Waals surface area contributed by atoms with Gasteiger partial charge >= 0.3 is 0 Å². The Bertz CT molecular complexity index is 783. The molecule has 0 radical (unpaired) electrons. The van der Waals surface area contributed by atoms with Crippen molar-refractivity contribution < 1.29 is 10.2 Å². The van der Waals surface area contributed by atoms with Crippen LogP contribution in [0.2, 0.25) is 0 Å². The zero-order valence-corrected chi connectivity index (χ0v) is 13.6. The van der Waals surface area contributed by atoms with Crippen LogP contribution in [0.4, 0.5) is 0 Å². The molecule has 4 atom stereocenters. The van der Waals surface area contributed by atoms with Crippen molar-refractivity contribution in [3.8, 4) is 0 Å². The fraction of sp³-hybridized carbons (Fsp3) is 0.579. The lowest BCUT2D eigenvalue weighted by Crippen LogP contribution is -2.56. The monoisotopic (exact) mass is 312 g/mol. The highest BCUT2D eigenvalue weighted by atomic mass is 16.3. The largest absolute Gasteiger partial charge is 0.378 e. The van der Waals surface area contributed by atoms with Gasteiger partial charge in [-0.15, -0.1) is 0 Å². The van der Waals surface area contributed by atoms with E-state index in [2.05, 4.69) is 40.7 Å². The fourth-order valence-electron chi connectivity index (χ4n) is 5.62. The molecule has 122 valence electrons. The second kappa shape index (κ2) is 4.59. The molecule has 1 saturated heterocycles. The van der Waals surface area contributed by atoms with Gasteiger partial charge in [0.2, 0.25) is 0 Å². The lowest BCUT2D eigenvalue weighted by molar-refractivity contribution is -0.153. The number of rotatable bonds is 1. The van der Waals surface area contributed by atoms with E-state index >= 15 is 0 Å². The molecule has 1 aromatic carbocycles. The van der Waals surface area contributed by atoms with E-state index in [1.807, 2.05) is 0 Å². The summed E-state index contributed by atoms with van der Waals surface area (Å²) in [5.74, 6) is 0. The van der Waals surface area contributed by atoms with Crippen LogP contribution in [0.5, 0.6) is 0 Å². The number of aromatic nitrogens is 1. The zero-order chi connectivity index (χ0) is 15.8. The van der Waals surface area contributed by atoms with Gasteiger partial charge in [0.25, 0.3) is 0 Å². The number of benzene rings is 1. The minimum Gasteiger partial charge on any atom is -0.378 e. The molecule has 4 nitrogen and oxygen atoms in total. The zero-order valence-electron chi connectivity index (χ0n) is 13.6. The molecule has 3 aliphatic rings. The summed E-state index contributed by atoms with van der Waals surface area (Å²) < 4.78 is 2.16. The Morgan fingerprint density at radius 3 is 2.87 bits per heavy atom. The van der Waals surface area contributed by atoms with E-state index < -0.39 is 6.23 Å². The van der Waals surface area contributed by atoms with Gasteiger partial charge in [-0.05, 0) is 49.1 Å². The molecular formula is C19H24N2O2. The molecule has 5 rings (SSSR count). The van der Waals surface area contributed by atoms with Crippen LogP contribution in [0.25, 0.3) is 10.9 Å². The molecule has 0 bridgehead atoms. The van der Waals surface area contributed by atoms with Crippen LogP contribution in [-0.4, -0.2) is 32.5 Å². The SMILES string of the molecule is CCC12CCC(O)N3CCc4c(n(c5ccccc45)C(O)C1)C32. The average molecular weight is 312 g/mol. The van der Waals surface area contributed by atoms with Crippen LogP contribution in [0.3, 0.4) is 0 Å². The number of hydrogen-bond acceptors (Lipinski definition) is 3. The second-order valence-corrected chi connectivity index (χ2v) is 7.56. The number of hydrogen-bond donors (Lipinski definition) is 2. The number of nitrogens with zero attached hydrogens (tertiary/aromatic N) is 2. The Balaban J connectivity index is 1.84. The molecule has 1 aromatic heterocycles. The third-order valence-corrected chi connectivity index (χ3v) is 6.72. The third-order valence-electron chi connectivity index (χ3n) is 6.72. The van der Waals surface area contributed by atoms with E-state index in [-0.39, 0.29) is 17.7 Å². The summed E-state index contributed by atoms with van der Waals surface area (Å²) in [6, 6.07) is 8.70. The average Bonchev–Trinajstić information content (AvgIpc) is 2.92. The number of para-hydroxylation sites is 1. The van der Waals surface area contributed by atoms with Gasteiger partial charge in [-0.2, -0.15) is 0 Å². The van der Waals surface area contributed by atoms with Gasteiger partial charge in [0, 0.05) is 17.6 Å². The summed E-state index contributed by atoms with van der Waals surface area (Å²) in [5.41, 5.74) is 3.92. The van der Waals surface area contributed by atoms with Gasteiger partial charge < -0.3 is 14.8 Å². The van der Waals surface area contributed by atoms with Gasteiger partial charge in [-0.25, -0.2) is 0 Å². The van der Waals surface area contributed by atoms with Crippen LogP contribution in [0.1, 0.15) is 56.1 Å². The Morgan fingerprint density at radius 2 is 2.04 bits per heavy atom. The first kappa shape index (κ1) is 14.0. The van der Waals surface area contributed by atoms with Crippen molar-refractivity contribution in [2.75, 3.05) is 6.54 Å². The summed E-state index contributed by atoms with van der Waals surface area (Å²) in [6.07, 6.45) is 3.85. The third kappa shape index (κ3) is 1.61. The highest BCUT2D eigenvalue weighted by Gasteiger charge is 2.54. The Morgan fingerprint density at radius 1 is 1.22 bits per heavy atom. The fourth-order valence-corrected chi connectivity index (χ4v) is 5.62. The second-order valence-electron chi connectivity index (χ2n) is 7.56. The molecule has 2 N–H and O–H groups in total. The van der Waals surface area contributed by atoms with Gasteiger partial charge in [-0.1, -0.05) is 25.1 Å². The highest BCUT2D eigenvalue weighted by Crippen LogP contribution is 2.59. The normalized spacial score (nSPS) is 36.2. The Hall–Kier alpha value is -1.36. The van der Waals surface area contributed by atoms with Crippen molar-refractivity contribution in [3.05, 3.63) is 35.5 Å². The maximum absolute atomic E-state index is 11.0. The van der Waals surface area contributed by atoms with E-state index in [0.29, 0.717) is 0 Å². The number of piperidine rings is 1. The van der Waals surface area contributed by atoms with Crippen molar-refractivity contribution in [3.63, 3.8) is 0 Å². The van der Waals surface area contributed by atoms with Crippen LogP contribution >= 0.6 is 0 Å². The summed E-state index contributed by atoms with van der Waals surface area (Å²) in [7, 11) is 0. The number of fused-ring (bicyclic) bond motifs is 3. The minimum absolute atomic E-state index is 0.0954. The standard InChI is InChI=1S/C19H24N2O2/c1-2-19-9-7-15(22)20-10-8-13-12-5-3-4-6-14(12)21(16(23)11-19)17(13)18(19)20/h3-6,15-16,18,22-23H,2,7-11H2,1H3. The maximum Gasteiger partial charge on any atom is 0.131 e. The summed E-state index contributed by atoms with van der Waals surface area (Å²) in [6.45, 7) is 3.17. The summed E-state index contributed by atoms with van der Waals surface area (Å²) in [5, 5.41) is 22.8. The van der Waals surface area contributed by atoms with Crippen molar-refractivity contribution in [2.24, 2.45) is 5.41 Å². The highest BCUT2D eigenvalue weighted by molar-refractivity contribution is 5.86.